The second-order valence-corrected chi connectivity index (χ2v) is 3.39. The first-order valence-electron chi connectivity index (χ1n) is 5.35. The topological polar surface area (TPSA) is 101 Å². The molecule has 0 amide bonds. The molecule has 1 rings (SSSR count). The maximum absolute atomic E-state index is 12.2. The number of aromatic nitrogens is 1. The minimum absolute atomic E-state index is 0.148. The van der Waals surface area contributed by atoms with Gasteiger partial charge in [-0.1, -0.05) is 0 Å². The Bertz CT molecular complexity index is 560. The van der Waals surface area contributed by atoms with E-state index in [1.807, 2.05) is 0 Å². The van der Waals surface area contributed by atoms with Crippen LogP contribution >= 0.6 is 0 Å². The highest BCUT2D eigenvalue weighted by Crippen LogP contribution is 2.35. The third-order valence-electron chi connectivity index (χ3n) is 2.03. The molecule has 0 radical (unpaired) electrons. The van der Waals surface area contributed by atoms with Crippen LogP contribution in [-0.2, 0) is 4.74 Å². The first-order chi connectivity index (χ1) is 9.69. The number of halogens is 3. The van der Waals surface area contributed by atoms with Gasteiger partial charge in [0.2, 0.25) is 17.3 Å². The van der Waals surface area contributed by atoms with Crippen molar-refractivity contribution in [3.8, 4) is 11.6 Å². The number of hydrogen-bond acceptors (Lipinski definition) is 7. The zero-order chi connectivity index (χ0) is 16.2. The van der Waals surface area contributed by atoms with Gasteiger partial charge >= 0.3 is 18.0 Å². The Balaban J connectivity index is 3.44. The summed E-state index contributed by atoms with van der Waals surface area (Å²) in [5, 5.41) is 10.9. The van der Waals surface area contributed by atoms with Crippen LogP contribution in [0.2, 0.25) is 0 Å². The van der Waals surface area contributed by atoms with E-state index in [1.165, 1.54) is 6.92 Å². The van der Waals surface area contributed by atoms with Crippen LogP contribution in [0, 0.1) is 10.1 Å². The normalized spacial score (nSPS) is 10.9. The number of pyridine rings is 1. The van der Waals surface area contributed by atoms with Crippen LogP contribution in [0.25, 0.3) is 0 Å². The maximum Gasteiger partial charge on any atom is 0.574 e. The average molecular weight is 310 g/mol. The molecule has 0 aliphatic heterocycles. The Kier molecular flexibility index (Phi) is 4.89. The summed E-state index contributed by atoms with van der Waals surface area (Å²) in [6.45, 7) is 1.27. The molecule has 0 atom stereocenters. The Morgan fingerprint density at radius 3 is 2.52 bits per heavy atom. The molecule has 0 aliphatic rings. The molecule has 11 heteroatoms. The van der Waals surface area contributed by atoms with Crippen LogP contribution in [0.5, 0.6) is 11.6 Å². The van der Waals surface area contributed by atoms with Gasteiger partial charge in [0.1, 0.15) is 0 Å². The lowest BCUT2D eigenvalue weighted by Crippen LogP contribution is -2.20. The lowest BCUT2D eigenvalue weighted by atomic mass is 10.2. The number of carbonyl (C=O) groups is 1. The second kappa shape index (κ2) is 6.24. The number of esters is 1. The van der Waals surface area contributed by atoms with Crippen molar-refractivity contribution in [1.82, 2.24) is 4.98 Å². The van der Waals surface area contributed by atoms with Crippen LogP contribution in [0.3, 0.4) is 0 Å². The molecule has 0 saturated heterocycles. The molecule has 0 saturated carbocycles. The van der Waals surface area contributed by atoms with Crippen LogP contribution in [-0.4, -0.2) is 36.0 Å². The Morgan fingerprint density at radius 2 is 2.10 bits per heavy atom. The molecular formula is C10H9F3N2O6. The molecule has 0 aliphatic carbocycles. The van der Waals surface area contributed by atoms with Crippen LogP contribution in [0.15, 0.2) is 6.07 Å². The van der Waals surface area contributed by atoms with Crippen molar-refractivity contribution in [1.29, 1.82) is 0 Å². The zero-order valence-electron chi connectivity index (χ0n) is 10.8. The Morgan fingerprint density at radius 1 is 1.48 bits per heavy atom. The first-order valence-corrected chi connectivity index (χ1v) is 5.35. The largest absolute Gasteiger partial charge is 0.574 e. The van der Waals surface area contributed by atoms with E-state index in [2.05, 4.69) is 19.2 Å². The predicted molar refractivity (Wildman–Crippen MR) is 60.1 cm³/mol. The summed E-state index contributed by atoms with van der Waals surface area (Å²) in [6.07, 6.45) is -5.08. The standard InChI is InChI=1S/C10H9F3N2O6/c1-3-20-9(16)7-8(15(17)18)5(19-2)4-6(14-7)21-10(11,12)13/h4H,3H2,1-2H3. The van der Waals surface area contributed by atoms with E-state index < -0.39 is 40.3 Å². The minimum Gasteiger partial charge on any atom is -0.490 e. The van der Waals surface area contributed by atoms with Crippen LogP contribution in [0.4, 0.5) is 18.9 Å². The van der Waals surface area contributed by atoms with Crippen molar-refractivity contribution in [3.05, 3.63) is 21.9 Å². The lowest BCUT2D eigenvalue weighted by molar-refractivity contribution is -0.386. The fraction of sp³-hybridized carbons (Fsp3) is 0.400. The van der Waals surface area contributed by atoms with Gasteiger partial charge < -0.3 is 14.2 Å². The molecule has 1 aromatic rings. The third kappa shape index (κ3) is 4.19. The summed E-state index contributed by atoms with van der Waals surface area (Å²) in [4.78, 5) is 24.6. The second-order valence-electron chi connectivity index (χ2n) is 3.39. The van der Waals surface area contributed by atoms with E-state index in [0.29, 0.717) is 6.07 Å². The van der Waals surface area contributed by atoms with Crippen molar-refractivity contribution in [2.75, 3.05) is 13.7 Å². The third-order valence-corrected chi connectivity index (χ3v) is 2.03. The lowest BCUT2D eigenvalue weighted by Gasteiger charge is -2.11. The fourth-order valence-corrected chi connectivity index (χ4v) is 1.34. The number of rotatable bonds is 5. The van der Waals surface area contributed by atoms with E-state index in [4.69, 9.17) is 0 Å². The van der Waals surface area contributed by atoms with Gasteiger partial charge in [0.05, 0.1) is 24.7 Å². The van der Waals surface area contributed by atoms with E-state index in [0.717, 1.165) is 7.11 Å². The van der Waals surface area contributed by atoms with E-state index in [9.17, 15) is 28.1 Å². The molecule has 8 nitrogen and oxygen atoms in total. The number of nitro groups is 1. The predicted octanol–water partition coefficient (Wildman–Crippen LogP) is 2.07. The number of ether oxygens (including phenoxy) is 3. The molecule has 0 fully saturated rings. The molecule has 0 aromatic carbocycles. The Labute approximate surface area is 115 Å². The molecule has 0 unspecified atom stereocenters. The number of nitrogens with zero attached hydrogens (tertiary/aromatic N) is 2. The Hall–Kier alpha value is -2.59. The summed E-state index contributed by atoms with van der Waals surface area (Å²) in [5.41, 5.74) is -1.86. The van der Waals surface area contributed by atoms with Crippen molar-refractivity contribution in [3.63, 3.8) is 0 Å². The average Bonchev–Trinajstić information content (AvgIpc) is 2.35. The maximum atomic E-state index is 12.2. The molecule has 116 valence electrons. The monoisotopic (exact) mass is 310 g/mol. The highest BCUT2D eigenvalue weighted by atomic mass is 19.4. The van der Waals surface area contributed by atoms with Crippen LogP contribution in [0.1, 0.15) is 17.4 Å². The molecule has 0 spiro atoms. The van der Waals surface area contributed by atoms with Gasteiger partial charge in [0, 0.05) is 0 Å². The highest BCUT2D eigenvalue weighted by Gasteiger charge is 2.36. The molecular weight excluding hydrogens is 301 g/mol. The van der Waals surface area contributed by atoms with Crippen LogP contribution < -0.4 is 9.47 Å². The van der Waals surface area contributed by atoms with Crippen molar-refractivity contribution in [2.45, 2.75) is 13.3 Å². The number of hydrogen-bond donors (Lipinski definition) is 0. The van der Waals surface area contributed by atoms with E-state index in [1.54, 1.807) is 0 Å². The number of carbonyl (C=O) groups excluding carboxylic acids is 1. The highest BCUT2D eigenvalue weighted by molar-refractivity contribution is 5.93. The van der Waals surface area contributed by atoms with Crippen molar-refractivity contribution in [2.24, 2.45) is 0 Å². The number of alkyl halides is 3. The molecule has 21 heavy (non-hydrogen) atoms. The van der Waals surface area contributed by atoms with Gasteiger partial charge in [0.15, 0.2) is 0 Å². The molecule has 0 bridgehead atoms. The molecule has 0 N–H and O–H groups in total. The minimum atomic E-state index is -5.08. The SMILES string of the molecule is CCOC(=O)c1nc(OC(F)(F)F)cc(OC)c1[N+](=O)[O-]. The number of methoxy groups -OCH3 is 1. The summed E-state index contributed by atoms with van der Waals surface area (Å²) in [5.74, 6) is -2.96. The van der Waals surface area contributed by atoms with Gasteiger partial charge in [-0.05, 0) is 6.92 Å². The molecule has 1 aromatic heterocycles. The first kappa shape index (κ1) is 16.5. The van der Waals surface area contributed by atoms with Gasteiger partial charge in [-0.2, -0.15) is 4.98 Å². The van der Waals surface area contributed by atoms with Gasteiger partial charge in [-0.25, -0.2) is 4.79 Å². The van der Waals surface area contributed by atoms with Gasteiger partial charge in [0.25, 0.3) is 0 Å². The summed E-state index contributed by atoms with van der Waals surface area (Å²) in [6, 6.07) is 0.550. The quantitative estimate of drug-likeness (QED) is 0.466. The van der Waals surface area contributed by atoms with Gasteiger partial charge in [-0.15, -0.1) is 13.2 Å². The molecule has 1 heterocycles. The smallest absolute Gasteiger partial charge is 0.490 e. The summed E-state index contributed by atoms with van der Waals surface area (Å²) in [7, 11) is 0.981. The fourth-order valence-electron chi connectivity index (χ4n) is 1.34. The van der Waals surface area contributed by atoms with Crippen molar-refractivity contribution >= 4 is 11.7 Å². The van der Waals surface area contributed by atoms with Gasteiger partial charge in [-0.3, -0.25) is 10.1 Å². The zero-order valence-corrected chi connectivity index (χ0v) is 10.8. The van der Waals surface area contributed by atoms with Crippen molar-refractivity contribution < 1.29 is 37.1 Å². The summed E-state index contributed by atoms with van der Waals surface area (Å²) < 4.78 is 49.1. The van der Waals surface area contributed by atoms with E-state index >= 15 is 0 Å². The van der Waals surface area contributed by atoms with E-state index in [-0.39, 0.29) is 6.61 Å². The summed E-state index contributed by atoms with van der Waals surface area (Å²) >= 11 is 0.